The van der Waals surface area contributed by atoms with Gasteiger partial charge in [0.05, 0.1) is 11.1 Å². The molecular weight excluding hydrogens is 244 g/mol. The monoisotopic (exact) mass is 258 g/mol. The van der Waals surface area contributed by atoms with E-state index in [0.29, 0.717) is 11.1 Å². The van der Waals surface area contributed by atoms with Gasteiger partial charge in [-0.05, 0) is 31.9 Å². The van der Waals surface area contributed by atoms with Crippen LogP contribution in [0.1, 0.15) is 40.5 Å². The molecule has 1 heterocycles. The van der Waals surface area contributed by atoms with E-state index in [0.717, 1.165) is 17.7 Å². The summed E-state index contributed by atoms with van der Waals surface area (Å²) in [7, 11) is 0. The second-order valence-electron chi connectivity index (χ2n) is 4.98. The van der Waals surface area contributed by atoms with Crippen molar-refractivity contribution in [3.8, 4) is 0 Å². The van der Waals surface area contributed by atoms with Crippen molar-refractivity contribution in [1.82, 2.24) is 10.2 Å². The van der Waals surface area contributed by atoms with Gasteiger partial charge in [0.2, 0.25) is 5.91 Å². The lowest BCUT2D eigenvalue weighted by molar-refractivity contribution is -0.124. The van der Waals surface area contributed by atoms with Crippen molar-refractivity contribution < 1.29 is 14.4 Å². The standard InChI is InChI=1S/C14H14N2O3/c1-8(12(17)15-9-6-7-9)16-13(18)10-4-2-3-5-11(10)14(16)19/h2-5,8-9H,6-7H2,1H3,(H,15,17). The van der Waals surface area contributed by atoms with E-state index in [4.69, 9.17) is 0 Å². The summed E-state index contributed by atoms with van der Waals surface area (Å²) in [6, 6.07) is 6.09. The van der Waals surface area contributed by atoms with Gasteiger partial charge in [-0.15, -0.1) is 0 Å². The molecule has 0 saturated heterocycles. The molecule has 0 spiro atoms. The number of imide groups is 1. The fraction of sp³-hybridized carbons (Fsp3) is 0.357. The lowest BCUT2D eigenvalue weighted by Gasteiger charge is -2.21. The number of fused-ring (bicyclic) bond motifs is 1. The molecule has 0 bridgehead atoms. The first-order valence-electron chi connectivity index (χ1n) is 6.37. The maximum Gasteiger partial charge on any atom is 0.262 e. The fourth-order valence-corrected chi connectivity index (χ4v) is 2.23. The van der Waals surface area contributed by atoms with Gasteiger partial charge in [-0.1, -0.05) is 12.1 Å². The highest BCUT2D eigenvalue weighted by Crippen LogP contribution is 2.25. The Morgan fingerprint density at radius 2 is 1.74 bits per heavy atom. The topological polar surface area (TPSA) is 66.5 Å². The molecule has 19 heavy (non-hydrogen) atoms. The van der Waals surface area contributed by atoms with Gasteiger partial charge in [0, 0.05) is 6.04 Å². The van der Waals surface area contributed by atoms with Gasteiger partial charge in [-0.2, -0.15) is 0 Å². The molecule has 0 radical (unpaired) electrons. The first-order chi connectivity index (χ1) is 9.09. The predicted molar refractivity (Wildman–Crippen MR) is 67.6 cm³/mol. The SMILES string of the molecule is CC(C(=O)NC1CC1)N1C(=O)c2ccccc2C1=O. The van der Waals surface area contributed by atoms with Gasteiger partial charge in [0.25, 0.3) is 11.8 Å². The average molecular weight is 258 g/mol. The molecule has 3 amide bonds. The molecule has 1 N–H and O–H groups in total. The van der Waals surface area contributed by atoms with Crippen LogP contribution in [-0.4, -0.2) is 34.7 Å². The van der Waals surface area contributed by atoms with Crippen molar-refractivity contribution in [2.75, 3.05) is 0 Å². The highest BCUT2D eigenvalue weighted by Gasteiger charge is 2.41. The van der Waals surface area contributed by atoms with Gasteiger partial charge >= 0.3 is 0 Å². The molecule has 5 heteroatoms. The van der Waals surface area contributed by atoms with Crippen molar-refractivity contribution in [1.29, 1.82) is 0 Å². The van der Waals surface area contributed by atoms with Crippen LogP contribution in [0.4, 0.5) is 0 Å². The van der Waals surface area contributed by atoms with Gasteiger partial charge in [0.1, 0.15) is 6.04 Å². The highest BCUT2D eigenvalue weighted by molar-refractivity contribution is 6.22. The maximum absolute atomic E-state index is 12.2. The Morgan fingerprint density at radius 1 is 1.21 bits per heavy atom. The molecule has 5 nitrogen and oxygen atoms in total. The Balaban J connectivity index is 1.84. The lowest BCUT2D eigenvalue weighted by atomic mass is 10.1. The molecule has 1 aromatic rings. The number of nitrogens with zero attached hydrogens (tertiary/aromatic N) is 1. The van der Waals surface area contributed by atoms with Crippen LogP contribution >= 0.6 is 0 Å². The molecule has 1 atom stereocenters. The van der Waals surface area contributed by atoms with E-state index >= 15 is 0 Å². The Hall–Kier alpha value is -2.17. The largest absolute Gasteiger partial charge is 0.352 e. The normalized spacial score (nSPS) is 19.3. The average Bonchev–Trinajstić information content (AvgIpc) is 3.18. The fourth-order valence-electron chi connectivity index (χ4n) is 2.23. The third kappa shape index (κ3) is 1.91. The smallest absolute Gasteiger partial charge is 0.262 e. The van der Waals surface area contributed by atoms with Crippen molar-refractivity contribution in [3.05, 3.63) is 35.4 Å². The van der Waals surface area contributed by atoms with E-state index in [1.807, 2.05) is 0 Å². The number of benzene rings is 1. The van der Waals surface area contributed by atoms with Crippen LogP contribution in [0, 0.1) is 0 Å². The van der Waals surface area contributed by atoms with Gasteiger partial charge < -0.3 is 5.32 Å². The van der Waals surface area contributed by atoms with E-state index in [-0.39, 0.29) is 23.8 Å². The van der Waals surface area contributed by atoms with Crippen molar-refractivity contribution in [2.24, 2.45) is 0 Å². The summed E-state index contributed by atoms with van der Waals surface area (Å²) in [5.41, 5.74) is 0.747. The zero-order valence-electron chi connectivity index (χ0n) is 10.6. The summed E-state index contributed by atoms with van der Waals surface area (Å²) in [5.74, 6) is -1.05. The predicted octanol–water partition coefficient (Wildman–Crippen LogP) is 0.950. The minimum Gasteiger partial charge on any atom is -0.352 e. The molecule has 1 aliphatic heterocycles. The Kier molecular flexibility index (Phi) is 2.62. The second kappa shape index (κ2) is 4.19. The number of carbonyl (C=O) groups is 3. The van der Waals surface area contributed by atoms with Gasteiger partial charge in [-0.25, -0.2) is 0 Å². The molecule has 1 aromatic carbocycles. The van der Waals surface area contributed by atoms with E-state index in [9.17, 15) is 14.4 Å². The summed E-state index contributed by atoms with van der Waals surface area (Å²) in [6.45, 7) is 1.58. The maximum atomic E-state index is 12.2. The molecule has 1 fully saturated rings. The molecule has 0 aromatic heterocycles. The third-order valence-electron chi connectivity index (χ3n) is 3.52. The summed E-state index contributed by atoms with van der Waals surface area (Å²) >= 11 is 0. The van der Waals surface area contributed by atoms with E-state index < -0.39 is 6.04 Å². The van der Waals surface area contributed by atoms with Gasteiger partial charge in [-0.3, -0.25) is 19.3 Å². The highest BCUT2D eigenvalue weighted by atomic mass is 16.2. The van der Waals surface area contributed by atoms with Crippen molar-refractivity contribution in [2.45, 2.75) is 31.8 Å². The molecule has 98 valence electrons. The molecule has 3 rings (SSSR count). The van der Waals surface area contributed by atoms with E-state index in [2.05, 4.69) is 5.32 Å². The van der Waals surface area contributed by atoms with E-state index in [1.165, 1.54) is 0 Å². The second-order valence-corrected chi connectivity index (χ2v) is 4.98. The third-order valence-corrected chi connectivity index (χ3v) is 3.52. The summed E-state index contributed by atoms with van der Waals surface area (Å²) in [4.78, 5) is 37.4. The summed E-state index contributed by atoms with van der Waals surface area (Å²) < 4.78 is 0. The van der Waals surface area contributed by atoms with Crippen LogP contribution in [0.2, 0.25) is 0 Å². The Morgan fingerprint density at radius 3 is 2.21 bits per heavy atom. The number of rotatable bonds is 3. The molecule has 1 aliphatic carbocycles. The molecule has 1 unspecified atom stereocenters. The number of hydrogen-bond acceptors (Lipinski definition) is 3. The first-order valence-corrected chi connectivity index (χ1v) is 6.37. The lowest BCUT2D eigenvalue weighted by Crippen LogP contribution is -2.48. The molecule has 1 saturated carbocycles. The van der Waals surface area contributed by atoms with Crippen LogP contribution in [0.25, 0.3) is 0 Å². The number of hydrogen-bond donors (Lipinski definition) is 1. The zero-order chi connectivity index (χ0) is 13.6. The van der Waals surface area contributed by atoms with Crippen LogP contribution in [0.15, 0.2) is 24.3 Å². The Labute approximate surface area is 110 Å². The number of nitrogens with one attached hydrogen (secondary N) is 1. The Bertz CT molecular complexity index is 543. The summed E-state index contributed by atoms with van der Waals surface area (Å²) in [5, 5.41) is 2.81. The number of amides is 3. The molecule has 2 aliphatic rings. The van der Waals surface area contributed by atoms with Crippen molar-refractivity contribution in [3.63, 3.8) is 0 Å². The van der Waals surface area contributed by atoms with Crippen LogP contribution in [-0.2, 0) is 4.79 Å². The minimum atomic E-state index is -0.770. The minimum absolute atomic E-state index is 0.213. The zero-order valence-corrected chi connectivity index (χ0v) is 10.6. The first kappa shape index (κ1) is 11.9. The van der Waals surface area contributed by atoms with Crippen LogP contribution < -0.4 is 5.32 Å². The van der Waals surface area contributed by atoms with Crippen LogP contribution in [0.3, 0.4) is 0 Å². The van der Waals surface area contributed by atoms with Crippen LogP contribution in [0.5, 0.6) is 0 Å². The quantitative estimate of drug-likeness (QED) is 0.821. The van der Waals surface area contributed by atoms with Gasteiger partial charge in [0.15, 0.2) is 0 Å². The van der Waals surface area contributed by atoms with Crippen molar-refractivity contribution >= 4 is 17.7 Å². The molecular formula is C14H14N2O3. The van der Waals surface area contributed by atoms with E-state index in [1.54, 1.807) is 31.2 Å². The number of carbonyl (C=O) groups excluding carboxylic acids is 3. The summed E-state index contributed by atoms with van der Waals surface area (Å²) in [6.07, 6.45) is 1.95.